The number of carbonyl (C=O) groups excluding carboxylic acids is 1. The number of hydrogen-bond acceptors (Lipinski definition) is 2. The number of ether oxygens (including phenoxy) is 1. The fraction of sp³-hybridized carbons (Fsp3) is 0.562. The van der Waals surface area contributed by atoms with Gasteiger partial charge < -0.3 is 9.64 Å². The highest BCUT2D eigenvalue weighted by Gasteiger charge is 2.25. The molecule has 1 amide bonds. The van der Waals surface area contributed by atoms with E-state index in [1.165, 1.54) is 12.8 Å². The second kappa shape index (κ2) is 7.67. The lowest BCUT2D eigenvalue weighted by molar-refractivity contribution is 0.0702. The Kier molecular flexibility index (Phi) is 5.89. The van der Waals surface area contributed by atoms with Gasteiger partial charge in [-0.3, -0.25) is 4.79 Å². The van der Waals surface area contributed by atoms with Crippen LogP contribution in [0.2, 0.25) is 0 Å². The van der Waals surface area contributed by atoms with E-state index in [1.54, 1.807) is 0 Å². The molecule has 0 aromatic heterocycles. The van der Waals surface area contributed by atoms with Crippen LogP contribution in [0.1, 0.15) is 43.0 Å². The van der Waals surface area contributed by atoms with Gasteiger partial charge in [-0.2, -0.15) is 0 Å². The molecule has 0 radical (unpaired) electrons. The van der Waals surface area contributed by atoms with E-state index in [0.717, 1.165) is 36.0 Å². The zero-order valence-corrected chi connectivity index (χ0v) is 13.6. The van der Waals surface area contributed by atoms with Gasteiger partial charge in [-0.1, -0.05) is 28.8 Å². The average molecular weight is 340 g/mol. The predicted octanol–water partition coefficient (Wildman–Crippen LogP) is 3.87. The fourth-order valence-corrected chi connectivity index (χ4v) is 3.30. The Morgan fingerprint density at radius 1 is 1.30 bits per heavy atom. The molecule has 0 N–H and O–H groups in total. The number of nitrogens with zero attached hydrogens (tertiary/aromatic N) is 1. The quantitative estimate of drug-likeness (QED) is 0.779. The Labute approximate surface area is 129 Å². The molecule has 2 rings (SSSR count). The SMILES string of the molecule is CCOc1ccc(C(=O)N2CCCCCC2CBr)cc1. The first kappa shape index (κ1) is 15.4. The van der Waals surface area contributed by atoms with Gasteiger partial charge in [-0.15, -0.1) is 0 Å². The van der Waals surface area contributed by atoms with Crippen LogP contribution in [0.4, 0.5) is 0 Å². The number of hydrogen-bond donors (Lipinski definition) is 0. The third kappa shape index (κ3) is 3.75. The summed E-state index contributed by atoms with van der Waals surface area (Å²) in [5.74, 6) is 0.955. The summed E-state index contributed by atoms with van der Waals surface area (Å²) in [6, 6.07) is 7.79. The molecule has 0 bridgehead atoms. The van der Waals surface area contributed by atoms with Crippen molar-refractivity contribution in [2.24, 2.45) is 0 Å². The summed E-state index contributed by atoms with van der Waals surface area (Å²) in [4.78, 5) is 14.7. The van der Waals surface area contributed by atoms with Crippen LogP contribution < -0.4 is 4.74 Å². The molecule has 20 heavy (non-hydrogen) atoms. The summed E-state index contributed by atoms with van der Waals surface area (Å²) < 4.78 is 5.42. The summed E-state index contributed by atoms with van der Waals surface area (Å²) >= 11 is 3.55. The van der Waals surface area contributed by atoms with E-state index in [-0.39, 0.29) is 5.91 Å². The Hall–Kier alpha value is -1.03. The summed E-state index contributed by atoms with van der Waals surface area (Å²) in [5, 5.41) is 0.857. The molecule has 0 spiro atoms. The number of amides is 1. The lowest BCUT2D eigenvalue weighted by atomic mass is 10.1. The Balaban J connectivity index is 2.11. The molecule has 1 saturated heterocycles. The third-order valence-corrected chi connectivity index (χ3v) is 4.48. The van der Waals surface area contributed by atoms with Crippen LogP contribution in [-0.4, -0.2) is 35.3 Å². The standard InChI is InChI=1S/C16H22BrNO2/c1-2-20-15-9-7-13(8-10-15)16(19)18-11-5-3-4-6-14(18)12-17/h7-10,14H,2-6,11-12H2,1H3. The molecular weight excluding hydrogens is 318 g/mol. The monoisotopic (exact) mass is 339 g/mol. The van der Waals surface area contributed by atoms with E-state index >= 15 is 0 Å². The van der Waals surface area contributed by atoms with Gasteiger partial charge in [0.1, 0.15) is 5.75 Å². The van der Waals surface area contributed by atoms with E-state index in [2.05, 4.69) is 15.9 Å². The number of alkyl halides is 1. The van der Waals surface area contributed by atoms with Crippen molar-refractivity contribution in [1.29, 1.82) is 0 Å². The number of likely N-dealkylation sites (tertiary alicyclic amines) is 1. The maximum atomic E-state index is 12.7. The minimum atomic E-state index is 0.138. The third-order valence-electron chi connectivity index (χ3n) is 3.73. The normalized spacial score (nSPS) is 19.5. The van der Waals surface area contributed by atoms with Crippen LogP contribution in [0.25, 0.3) is 0 Å². The largest absolute Gasteiger partial charge is 0.494 e. The number of rotatable bonds is 4. The molecular formula is C16H22BrNO2. The van der Waals surface area contributed by atoms with E-state index in [9.17, 15) is 4.79 Å². The molecule has 0 aliphatic carbocycles. The zero-order valence-electron chi connectivity index (χ0n) is 12.0. The molecule has 110 valence electrons. The van der Waals surface area contributed by atoms with Crippen LogP contribution in [0.5, 0.6) is 5.75 Å². The number of benzene rings is 1. The highest BCUT2D eigenvalue weighted by atomic mass is 79.9. The minimum absolute atomic E-state index is 0.138. The summed E-state index contributed by atoms with van der Waals surface area (Å²) in [5.41, 5.74) is 0.751. The second-order valence-electron chi connectivity index (χ2n) is 5.11. The van der Waals surface area contributed by atoms with Crippen molar-refractivity contribution in [3.05, 3.63) is 29.8 Å². The molecule has 1 heterocycles. The molecule has 1 aliphatic rings. The minimum Gasteiger partial charge on any atom is -0.494 e. The van der Waals surface area contributed by atoms with Crippen molar-refractivity contribution in [1.82, 2.24) is 4.90 Å². The van der Waals surface area contributed by atoms with Gasteiger partial charge in [0.15, 0.2) is 0 Å². The second-order valence-corrected chi connectivity index (χ2v) is 5.76. The van der Waals surface area contributed by atoms with Crippen LogP contribution in [0.15, 0.2) is 24.3 Å². The Bertz CT molecular complexity index is 433. The Morgan fingerprint density at radius 2 is 2.05 bits per heavy atom. The summed E-state index contributed by atoms with van der Waals surface area (Å²) in [6.07, 6.45) is 4.63. The molecule has 1 unspecified atom stereocenters. The number of carbonyl (C=O) groups is 1. The fourth-order valence-electron chi connectivity index (χ4n) is 2.63. The van der Waals surface area contributed by atoms with Crippen molar-refractivity contribution in [2.75, 3.05) is 18.5 Å². The smallest absolute Gasteiger partial charge is 0.254 e. The summed E-state index contributed by atoms with van der Waals surface area (Å²) in [6.45, 7) is 3.46. The van der Waals surface area contributed by atoms with E-state index in [4.69, 9.17) is 4.74 Å². The molecule has 3 nitrogen and oxygen atoms in total. The summed E-state index contributed by atoms with van der Waals surface area (Å²) in [7, 11) is 0. The first-order valence-electron chi connectivity index (χ1n) is 7.36. The zero-order chi connectivity index (χ0) is 14.4. The highest BCUT2D eigenvalue weighted by Crippen LogP contribution is 2.21. The molecule has 1 aliphatic heterocycles. The lowest BCUT2D eigenvalue weighted by Crippen LogP contribution is -2.41. The van der Waals surface area contributed by atoms with E-state index in [0.29, 0.717) is 12.6 Å². The van der Waals surface area contributed by atoms with E-state index < -0.39 is 0 Å². The van der Waals surface area contributed by atoms with Crippen molar-refractivity contribution >= 4 is 21.8 Å². The van der Waals surface area contributed by atoms with Crippen LogP contribution in [0, 0.1) is 0 Å². The van der Waals surface area contributed by atoms with Crippen molar-refractivity contribution in [3.8, 4) is 5.75 Å². The van der Waals surface area contributed by atoms with Crippen molar-refractivity contribution < 1.29 is 9.53 Å². The maximum Gasteiger partial charge on any atom is 0.254 e. The number of halogens is 1. The van der Waals surface area contributed by atoms with Crippen LogP contribution >= 0.6 is 15.9 Å². The molecule has 1 atom stereocenters. The van der Waals surface area contributed by atoms with Gasteiger partial charge in [0.25, 0.3) is 5.91 Å². The molecule has 1 fully saturated rings. The molecule has 4 heteroatoms. The van der Waals surface area contributed by atoms with Gasteiger partial charge in [-0.25, -0.2) is 0 Å². The maximum absolute atomic E-state index is 12.7. The first-order valence-corrected chi connectivity index (χ1v) is 8.48. The van der Waals surface area contributed by atoms with Gasteiger partial charge in [-0.05, 0) is 44.0 Å². The van der Waals surface area contributed by atoms with Crippen molar-refractivity contribution in [3.63, 3.8) is 0 Å². The molecule has 0 saturated carbocycles. The predicted molar refractivity (Wildman–Crippen MR) is 84.7 cm³/mol. The van der Waals surface area contributed by atoms with Crippen molar-refractivity contribution in [2.45, 2.75) is 38.6 Å². The topological polar surface area (TPSA) is 29.5 Å². The van der Waals surface area contributed by atoms with Gasteiger partial charge in [0, 0.05) is 23.5 Å². The average Bonchev–Trinajstić information content (AvgIpc) is 2.72. The van der Waals surface area contributed by atoms with Crippen LogP contribution in [0.3, 0.4) is 0 Å². The highest BCUT2D eigenvalue weighted by molar-refractivity contribution is 9.09. The Morgan fingerprint density at radius 3 is 2.70 bits per heavy atom. The molecule has 1 aromatic carbocycles. The van der Waals surface area contributed by atoms with Crippen LogP contribution in [-0.2, 0) is 0 Å². The first-order chi connectivity index (χ1) is 9.76. The van der Waals surface area contributed by atoms with Gasteiger partial charge >= 0.3 is 0 Å². The van der Waals surface area contributed by atoms with Gasteiger partial charge in [0.2, 0.25) is 0 Å². The van der Waals surface area contributed by atoms with E-state index in [1.807, 2.05) is 36.1 Å². The van der Waals surface area contributed by atoms with Gasteiger partial charge in [0.05, 0.1) is 6.61 Å². The molecule has 1 aromatic rings. The lowest BCUT2D eigenvalue weighted by Gasteiger charge is -2.28.